The van der Waals surface area contributed by atoms with Gasteiger partial charge in [0.05, 0.1) is 0 Å². The molecule has 21 heavy (non-hydrogen) atoms. The molecule has 0 spiro atoms. The summed E-state index contributed by atoms with van der Waals surface area (Å²) in [5.74, 6) is 0. The summed E-state index contributed by atoms with van der Waals surface area (Å²) in [7, 11) is 0. The Morgan fingerprint density at radius 3 is 2.29 bits per heavy atom. The van der Waals surface area contributed by atoms with Gasteiger partial charge >= 0.3 is 0 Å². The van der Waals surface area contributed by atoms with E-state index in [2.05, 4.69) is 87.8 Å². The Kier molecular flexibility index (Phi) is 4.58. The Balaban J connectivity index is 2.21. The van der Waals surface area contributed by atoms with E-state index in [1.165, 1.54) is 22.6 Å². The summed E-state index contributed by atoms with van der Waals surface area (Å²) in [6, 6.07) is 13.3. The van der Waals surface area contributed by atoms with Crippen LogP contribution in [0.25, 0.3) is 5.69 Å². The number of rotatable bonds is 4. The Morgan fingerprint density at radius 1 is 1.10 bits per heavy atom. The maximum Gasteiger partial charge on any atom is 0.0455 e. The van der Waals surface area contributed by atoms with Crippen LogP contribution in [0, 0.1) is 19.3 Å². The molecule has 0 radical (unpaired) electrons. The molecule has 2 heteroatoms. The van der Waals surface area contributed by atoms with E-state index in [1.54, 1.807) is 0 Å². The fraction of sp³-hybridized carbons (Fsp3) is 0.474. The smallest absolute Gasteiger partial charge is 0.0455 e. The highest BCUT2D eigenvalue weighted by Gasteiger charge is 2.20. The fourth-order valence-electron chi connectivity index (χ4n) is 2.55. The van der Waals surface area contributed by atoms with Gasteiger partial charge in [-0.05, 0) is 49.9 Å². The third kappa shape index (κ3) is 3.56. The lowest BCUT2D eigenvalue weighted by Crippen LogP contribution is -2.37. The number of aromatic nitrogens is 1. The number of nitrogens with one attached hydrogen (secondary N) is 1. The standard InChI is InChI=1S/C19H28N2/c1-14-12-17(13-20-16(3)19(4,5)6)15(2)21(14)18-10-8-7-9-11-18/h7-12,16,20H,13H2,1-6H3. The van der Waals surface area contributed by atoms with Crippen LogP contribution in [0.5, 0.6) is 0 Å². The highest BCUT2D eigenvalue weighted by molar-refractivity contribution is 5.40. The predicted molar refractivity (Wildman–Crippen MR) is 91.0 cm³/mol. The van der Waals surface area contributed by atoms with Gasteiger partial charge in [-0.1, -0.05) is 39.0 Å². The lowest BCUT2D eigenvalue weighted by molar-refractivity contribution is 0.285. The van der Waals surface area contributed by atoms with Crippen molar-refractivity contribution >= 4 is 0 Å². The summed E-state index contributed by atoms with van der Waals surface area (Å²) in [6.07, 6.45) is 0. The van der Waals surface area contributed by atoms with Gasteiger partial charge in [-0.2, -0.15) is 0 Å². The van der Waals surface area contributed by atoms with Crippen molar-refractivity contribution in [2.24, 2.45) is 5.41 Å². The predicted octanol–water partition coefficient (Wildman–Crippen LogP) is 4.62. The molecule has 1 aromatic heterocycles. The van der Waals surface area contributed by atoms with E-state index in [1.807, 2.05) is 0 Å². The van der Waals surface area contributed by atoms with Crippen LogP contribution in [-0.4, -0.2) is 10.6 Å². The van der Waals surface area contributed by atoms with E-state index in [-0.39, 0.29) is 5.41 Å². The van der Waals surface area contributed by atoms with Crippen LogP contribution >= 0.6 is 0 Å². The first-order valence-corrected chi connectivity index (χ1v) is 7.77. The van der Waals surface area contributed by atoms with Crippen LogP contribution in [0.3, 0.4) is 0 Å². The minimum Gasteiger partial charge on any atom is -0.318 e. The molecule has 0 aliphatic carbocycles. The highest BCUT2D eigenvalue weighted by atomic mass is 15.0. The van der Waals surface area contributed by atoms with E-state index in [0.717, 1.165) is 6.54 Å². The number of hydrogen-bond acceptors (Lipinski definition) is 1. The summed E-state index contributed by atoms with van der Waals surface area (Å²) in [5, 5.41) is 3.66. The number of benzene rings is 1. The van der Waals surface area contributed by atoms with Gasteiger partial charge in [-0.25, -0.2) is 0 Å². The van der Waals surface area contributed by atoms with Gasteiger partial charge in [0.2, 0.25) is 0 Å². The molecule has 1 atom stereocenters. The molecule has 2 aromatic rings. The minimum atomic E-state index is 0.283. The van der Waals surface area contributed by atoms with Gasteiger partial charge in [-0.15, -0.1) is 0 Å². The minimum absolute atomic E-state index is 0.283. The van der Waals surface area contributed by atoms with Crippen LogP contribution in [0.15, 0.2) is 36.4 Å². The van der Waals surface area contributed by atoms with Gasteiger partial charge in [0.25, 0.3) is 0 Å². The molecule has 1 N–H and O–H groups in total. The molecule has 1 heterocycles. The second-order valence-electron chi connectivity index (χ2n) is 7.04. The monoisotopic (exact) mass is 284 g/mol. The van der Waals surface area contributed by atoms with Crippen LogP contribution < -0.4 is 5.32 Å². The maximum absolute atomic E-state index is 3.66. The lowest BCUT2D eigenvalue weighted by atomic mass is 9.88. The van der Waals surface area contributed by atoms with Crippen molar-refractivity contribution in [2.45, 2.75) is 54.1 Å². The quantitative estimate of drug-likeness (QED) is 0.867. The summed E-state index contributed by atoms with van der Waals surface area (Å²) in [4.78, 5) is 0. The number of hydrogen-bond donors (Lipinski definition) is 1. The molecular formula is C19H28N2. The molecule has 0 amide bonds. The van der Waals surface area contributed by atoms with Crippen molar-refractivity contribution in [1.82, 2.24) is 9.88 Å². The van der Waals surface area contributed by atoms with Crippen LogP contribution in [-0.2, 0) is 6.54 Å². The van der Waals surface area contributed by atoms with Gasteiger partial charge in [0.1, 0.15) is 0 Å². The van der Waals surface area contributed by atoms with Gasteiger partial charge in [0, 0.05) is 29.7 Å². The topological polar surface area (TPSA) is 17.0 Å². The molecular weight excluding hydrogens is 256 g/mol. The Labute approximate surface area is 129 Å². The molecule has 114 valence electrons. The molecule has 0 bridgehead atoms. The number of para-hydroxylation sites is 1. The van der Waals surface area contributed by atoms with Gasteiger partial charge in [0.15, 0.2) is 0 Å². The first-order valence-electron chi connectivity index (χ1n) is 7.77. The Bertz CT molecular complexity index is 588. The third-order valence-electron chi connectivity index (χ3n) is 4.45. The largest absolute Gasteiger partial charge is 0.318 e. The van der Waals surface area contributed by atoms with Crippen molar-refractivity contribution in [2.75, 3.05) is 0 Å². The molecule has 0 fully saturated rings. The average Bonchev–Trinajstić information content (AvgIpc) is 2.70. The van der Waals surface area contributed by atoms with Crippen molar-refractivity contribution in [1.29, 1.82) is 0 Å². The van der Waals surface area contributed by atoms with Crippen molar-refractivity contribution in [3.63, 3.8) is 0 Å². The van der Waals surface area contributed by atoms with Gasteiger partial charge in [-0.3, -0.25) is 0 Å². The van der Waals surface area contributed by atoms with Gasteiger partial charge < -0.3 is 9.88 Å². The normalized spacial score (nSPS) is 13.4. The summed E-state index contributed by atoms with van der Waals surface area (Å²) in [5.41, 5.74) is 5.52. The Hall–Kier alpha value is -1.54. The maximum atomic E-state index is 3.66. The zero-order chi connectivity index (χ0) is 15.6. The molecule has 0 aliphatic rings. The summed E-state index contributed by atoms with van der Waals surface area (Å²) < 4.78 is 2.33. The molecule has 0 saturated heterocycles. The van der Waals surface area contributed by atoms with E-state index in [0.29, 0.717) is 6.04 Å². The Morgan fingerprint density at radius 2 is 1.71 bits per heavy atom. The summed E-state index contributed by atoms with van der Waals surface area (Å²) >= 11 is 0. The van der Waals surface area contributed by atoms with Crippen LogP contribution in [0.1, 0.15) is 44.6 Å². The second-order valence-corrected chi connectivity index (χ2v) is 7.04. The first-order chi connectivity index (χ1) is 9.80. The lowest BCUT2D eigenvalue weighted by Gasteiger charge is -2.28. The highest BCUT2D eigenvalue weighted by Crippen LogP contribution is 2.22. The summed E-state index contributed by atoms with van der Waals surface area (Å²) in [6.45, 7) is 14.4. The molecule has 1 aromatic carbocycles. The van der Waals surface area contributed by atoms with E-state index < -0.39 is 0 Å². The zero-order valence-corrected chi connectivity index (χ0v) is 14.2. The second kappa shape index (κ2) is 6.07. The first kappa shape index (κ1) is 15.8. The van der Waals surface area contributed by atoms with E-state index in [9.17, 15) is 0 Å². The SMILES string of the molecule is Cc1cc(CNC(C)C(C)(C)C)c(C)n1-c1ccccc1. The van der Waals surface area contributed by atoms with Crippen molar-refractivity contribution in [3.8, 4) is 5.69 Å². The van der Waals surface area contributed by atoms with Crippen molar-refractivity contribution in [3.05, 3.63) is 53.3 Å². The number of aryl methyl sites for hydroxylation is 1. The average molecular weight is 284 g/mol. The molecule has 2 rings (SSSR count). The molecule has 0 aliphatic heterocycles. The third-order valence-corrected chi connectivity index (χ3v) is 4.45. The molecule has 1 unspecified atom stereocenters. The van der Waals surface area contributed by atoms with Crippen LogP contribution in [0.2, 0.25) is 0 Å². The molecule has 0 saturated carbocycles. The fourth-order valence-corrected chi connectivity index (χ4v) is 2.55. The molecule has 2 nitrogen and oxygen atoms in total. The van der Waals surface area contributed by atoms with Crippen molar-refractivity contribution < 1.29 is 0 Å². The zero-order valence-electron chi connectivity index (χ0n) is 14.2. The van der Waals surface area contributed by atoms with E-state index in [4.69, 9.17) is 0 Å². The van der Waals surface area contributed by atoms with E-state index >= 15 is 0 Å². The van der Waals surface area contributed by atoms with Crippen LogP contribution in [0.4, 0.5) is 0 Å². The number of nitrogens with zero attached hydrogens (tertiary/aromatic N) is 1.